The normalized spacial score (nSPS) is 18.7. The van der Waals surface area contributed by atoms with Gasteiger partial charge in [0.15, 0.2) is 0 Å². The van der Waals surface area contributed by atoms with Crippen LogP contribution in [0.2, 0.25) is 0 Å². The summed E-state index contributed by atoms with van der Waals surface area (Å²) in [4.78, 5) is 4.44. The first kappa shape index (κ1) is 20.1. The van der Waals surface area contributed by atoms with Crippen molar-refractivity contribution < 1.29 is 17.9 Å². The van der Waals surface area contributed by atoms with Crippen LogP contribution < -0.4 is 9.21 Å². The van der Waals surface area contributed by atoms with Crippen LogP contribution in [0.1, 0.15) is 17.2 Å². The molecule has 2 heterocycles. The maximum atomic E-state index is 13.1. The number of β-amino-alcohol motifs (C(OH)–C–C–N with tert-alkyl or cyclic N) is 1. The van der Waals surface area contributed by atoms with Crippen molar-refractivity contribution >= 4 is 21.4 Å². The molecule has 1 atom stereocenters. The molecule has 0 aromatic heterocycles. The van der Waals surface area contributed by atoms with Gasteiger partial charge in [-0.25, -0.2) is 12.8 Å². The van der Waals surface area contributed by atoms with Gasteiger partial charge in [-0.05, 0) is 47.9 Å². The smallest absolute Gasteiger partial charge is 0.232 e. The van der Waals surface area contributed by atoms with Gasteiger partial charge in [0.05, 0.1) is 18.0 Å². The third-order valence-corrected chi connectivity index (χ3v) is 6.92. The number of hydrogen-bond acceptors (Lipinski definition) is 5. The van der Waals surface area contributed by atoms with Crippen LogP contribution in [0.3, 0.4) is 0 Å². The van der Waals surface area contributed by atoms with Gasteiger partial charge in [-0.1, -0.05) is 12.1 Å². The maximum absolute atomic E-state index is 13.1. The molecule has 1 saturated heterocycles. The Morgan fingerprint density at radius 3 is 2.38 bits per heavy atom. The van der Waals surface area contributed by atoms with E-state index in [2.05, 4.69) is 9.80 Å². The van der Waals surface area contributed by atoms with Crippen molar-refractivity contribution in [2.24, 2.45) is 0 Å². The van der Waals surface area contributed by atoms with Crippen LogP contribution in [0.25, 0.3) is 0 Å². The Morgan fingerprint density at radius 1 is 1.03 bits per heavy atom. The lowest BCUT2D eigenvalue weighted by atomic mass is 10.0. The summed E-state index contributed by atoms with van der Waals surface area (Å²) in [6.45, 7) is 4.28. The molecule has 0 saturated carbocycles. The minimum Gasteiger partial charge on any atom is -0.387 e. The zero-order chi connectivity index (χ0) is 20.6. The van der Waals surface area contributed by atoms with E-state index in [9.17, 15) is 17.9 Å². The fraction of sp³-hybridized carbons (Fsp3) is 0.429. The molecule has 2 aliphatic rings. The Hall–Kier alpha value is -2.16. The maximum Gasteiger partial charge on any atom is 0.232 e. The summed E-state index contributed by atoms with van der Waals surface area (Å²) in [5.74, 6) is -0.232. The first-order chi connectivity index (χ1) is 13.8. The summed E-state index contributed by atoms with van der Waals surface area (Å²) in [6, 6.07) is 12.1. The molecule has 6 nitrogen and oxygen atoms in total. The number of rotatable bonds is 5. The van der Waals surface area contributed by atoms with Crippen molar-refractivity contribution in [1.82, 2.24) is 4.90 Å². The van der Waals surface area contributed by atoms with Gasteiger partial charge in [0.2, 0.25) is 10.0 Å². The quantitative estimate of drug-likeness (QED) is 0.803. The lowest BCUT2D eigenvalue weighted by molar-refractivity contribution is 0.109. The number of piperazine rings is 1. The number of halogens is 1. The molecule has 1 fully saturated rings. The van der Waals surface area contributed by atoms with Crippen LogP contribution in [-0.4, -0.2) is 63.9 Å². The number of anilines is 2. The SMILES string of the molecule is CS(=O)(=O)N1CCc2cc(C(O)CN3CCN(c4ccc(F)cc4)CC3)ccc21. The first-order valence-electron chi connectivity index (χ1n) is 9.83. The molecular formula is C21H26FN3O3S. The highest BCUT2D eigenvalue weighted by Crippen LogP contribution is 2.32. The van der Waals surface area contributed by atoms with E-state index >= 15 is 0 Å². The molecule has 1 N–H and O–H groups in total. The first-order valence-corrected chi connectivity index (χ1v) is 11.7. The number of hydrogen-bond donors (Lipinski definition) is 1. The van der Waals surface area contributed by atoms with Crippen molar-refractivity contribution in [2.75, 3.05) is 54.7 Å². The summed E-state index contributed by atoms with van der Waals surface area (Å²) < 4.78 is 38.3. The van der Waals surface area contributed by atoms with Crippen molar-refractivity contribution in [2.45, 2.75) is 12.5 Å². The highest BCUT2D eigenvalue weighted by molar-refractivity contribution is 7.92. The van der Waals surface area contributed by atoms with E-state index in [1.165, 1.54) is 22.7 Å². The molecule has 8 heteroatoms. The Morgan fingerprint density at radius 2 is 1.72 bits per heavy atom. The molecule has 1 unspecified atom stereocenters. The number of aliphatic hydroxyl groups excluding tert-OH is 1. The largest absolute Gasteiger partial charge is 0.387 e. The summed E-state index contributed by atoms with van der Waals surface area (Å²) >= 11 is 0. The molecule has 0 radical (unpaired) electrons. The van der Waals surface area contributed by atoms with Crippen molar-refractivity contribution in [3.8, 4) is 0 Å². The molecule has 29 heavy (non-hydrogen) atoms. The molecule has 0 amide bonds. The fourth-order valence-corrected chi connectivity index (χ4v) is 5.09. The van der Waals surface area contributed by atoms with Crippen molar-refractivity contribution in [3.63, 3.8) is 0 Å². The number of nitrogens with zero attached hydrogens (tertiary/aromatic N) is 3. The van der Waals surface area contributed by atoms with Gasteiger partial charge in [-0.15, -0.1) is 0 Å². The zero-order valence-corrected chi connectivity index (χ0v) is 17.3. The molecule has 0 spiro atoms. The Kier molecular flexibility index (Phi) is 5.50. The molecule has 0 aliphatic carbocycles. The minimum atomic E-state index is -3.27. The summed E-state index contributed by atoms with van der Waals surface area (Å²) in [6.07, 6.45) is 1.26. The molecular weight excluding hydrogens is 393 g/mol. The van der Waals surface area contributed by atoms with Gasteiger partial charge in [0.1, 0.15) is 5.82 Å². The van der Waals surface area contributed by atoms with Crippen LogP contribution in [0, 0.1) is 5.82 Å². The van der Waals surface area contributed by atoms with Gasteiger partial charge in [0.25, 0.3) is 0 Å². The predicted octanol–water partition coefficient (Wildman–Crippen LogP) is 2.00. The molecule has 2 aromatic rings. The summed E-state index contributed by atoms with van der Waals surface area (Å²) in [5, 5.41) is 10.7. The van der Waals surface area contributed by atoms with Crippen LogP contribution in [0.4, 0.5) is 15.8 Å². The summed E-state index contributed by atoms with van der Waals surface area (Å²) in [5.41, 5.74) is 3.52. The number of aliphatic hydroxyl groups is 1. The standard InChI is InChI=1S/C21H26FN3O3S/c1-29(27,28)25-9-8-16-14-17(2-7-20(16)25)21(26)15-23-10-12-24(13-11-23)19-5-3-18(22)4-6-19/h2-7,14,21,26H,8-13,15H2,1H3. The lowest BCUT2D eigenvalue weighted by Gasteiger charge is -2.37. The molecule has 2 aliphatic heterocycles. The van der Waals surface area contributed by atoms with Gasteiger partial charge in [-0.3, -0.25) is 9.21 Å². The van der Waals surface area contributed by atoms with Gasteiger partial charge in [-0.2, -0.15) is 0 Å². The lowest BCUT2D eigenvalue weighted by Crippen LogP contribution is -2.47. The number of sulfonamides is 1. The topological polar surface area (TPSA) is 64.1 Å². The summed E-state index contributed by atoms with van der Waals surface area (Å²) in [7, 11) is -3.27. The van der Waals surface area contributed by atoms with E-state index in [1.807, 2.05) is 12.1 Å². The third-order valence-electron chi connectivity index (χ3n) is 5.74. The number of fused-ring (bicyclic) bond motifs is 1. The average Bonchev–Trinajstić information content (AvgIpc) is 3.13. The van der Waals surface area contributed by atoms with Gasteiger partial charge >= 0.3 is 0 Å². The highest BCUT2D eigenvalue weighted by atomic mass is 32.2. The third kappa shape index (κ3) is 4.39. The predicted molar refractivity (Wildman–Crippen MR) is 112 cm³/mol. The van der Waals surface area contributed by atoms with E-state index in [-0.39, 0.29) is 5.82 Å². The molecule has 4 rings (SSSR count). The van der Waals surface area contributed by atoms with Crippen molar-refractivity contribution in [1.29, 1.82) is 0 Å². The van der Waals surface area contributed by atoms with Crippen LogP contribution in [0.15, 0.2) is 42.5 Å². The van der Waals surface area contributed by atoms with E-state index in [1.54, 1.807) is 18.2 Å². The van der Waals surface area contributed by atoms with E-state index in [4.69, 9.17) is 0 Å². The van der Waals surface area contributed by atoms with Crippen molar-refractivity contribution in [3.05, 3.63) is 59.4 Å². The van der Waals surface area contributed by atoms with E-state index < -0.39 is 16.1 Å². The molecule has 2 aromatic carbocycles. The fourth-order valence-electron chi connectivity index (χ4n) is 4.13. The Labute approximate surface area is 171 Å². The van der Waals surface area contributed by atoms with E-state index in [0.717, 1.165) is 48.7 Å². The second kappa shape index (κ2) is 7.93. The monoisotopic (exact) mass is 419 g/mol. The minimum absolute atomic E-state index is 0.232. The molecule has 0 bridgehead atoms. The zero-order valence-electron chi connectivity index (χ0n) is 16.5. The second-order valence-electron chi connectivity index (χ2n) is 7.75. The highest BCUT2D eigenvalue weighted by Gasteiger charge is 2.27. The van der Waals surface area contributed by atoms with Crippen LogP contribution in [-0.2, 0) is 16.4 Å². The van der Waals surface area contributed by atoms with Crippen LogP contribution in [0.5, 0.6) is 0 Å². The Balaban J connectivity index is 1.36. The van der Waals surface area contributed by atoms with Crippen LogP contribution >= 0.6 is 0 Å². The molecule has 156 valence electrons. The average molecular weight is 420 g/mol. The van der Waals surface area contributed by atoms with Gasteiger partial charge < -0.3 is 10.0 Å². The second-order valence-corrected chi connectivity index (χ2v) is 9.66. The van der Waals surface area contributed by atoms with Gasteiger partial charge in [0, 0.05) is 45.0 Å². The van der Waals surface area contributed by atoms with E-state index in [0.29, 0.717) is 19.5 Å². The number of benzene rings is 2. The Bertz CT molecular complexity index is 973.